The first-order valence-electron chi connectivity index (χ1n) is 8.94. The SMILES string of the molecule is O=C1N[C@]2(CO1)C[C@H](C(=O)N1CCC3(c4ccccc4)CC3(Cl)C1)C2. The van der Waals surface area contributed by atoms with Crippen molar-refractivity contribution in [3.8, 4) is 0 Å². The molecule has 2 aliphatic carbocycles. The van der Waals surface area contributed by atoms with E-state index in [1.54, 1.807) is 0 Å². The standard InChI is InChI=1S/C19H21ClN2O3/c20-19-10-18(19,14-4-2-1-3-5-14)6-7-22(11-19)15(23)13-8-17(9-13)12-25-16(24)21-17/h1-5,13H,6-12H2,(H,21,24)/t13-,17+,18?,19?. The molecule has 2 heterocycles. The summed E-state index contributed by atoms with van der Waals surface area (Å²) < 4.78 is 4.99. The molecule has 6 heteroatoms. The fourth-order valence-corrected chi connectivity index (χ4v) is 5.72. The molecule has 2 aliphatic heterocycles. The number of halogens is 1. The number of nitrogens with zero attached hydrogens (tertiary/aromatic N) is 1. The van der Waals surface area contributed by atoms with Gasteiger partial charge in [0.15, 0.2) is 0 Å². The van der Waals surface area contributed by atoms with E-state index in [0.29, 0.717) is 26.0 Å². The molecule has 2 saturated heterocycles. The second kappa shape index (κ2) is 4.91. The maximum atomic E-state index is 12.9. The number of alkyl carbamates (subject to hydrolysis) is 1. The van der Waals surface area contributed by atoms with Crippen LogP contribution in [0.5, 0.6) is 0 Å². The topological polar surface area (TPSA) is 58.6 Å². The van der Waals surface area contributed by atoms with Crippen molar-refractivity contribution < 1.29 is 14.3 Å². The number of nitrogens with one attached hydrogen (secondary N) is 1. The van der Waals surface area contributed by atoms with Gasteiger partial charge in [-0.25, -0.2) is 4.79 Å². The number of rotatable bonds is 2. The summed E-state index contributed by atoms with van der Waals surface area (Å²) in [5.74, 6) is 0.158. The minimum atomic E-state index is -0.366. The third-order valence-electron chi connectivity index (χ3n) is 6.67. The largest absolute Gasteiger partial charge is 0.447 e. The third-order valence-corrected chi connectivity index (χ3v) is 7.29. The van der Waals surface area contributed by atoms with Gasteiger partial charge in [0.2, 0.25) is 5.91 Å². The van der Waals surface area contributed by atoms with E-state index in [-0.39, 0.29) is 33.7 Å². The van der Waals surface area contributed by atoms with Crippen LogP contribution in [0.1, 0.15) is 31.2 Å². The fraction of sp³-hybridized carbons (Fsp3) is 0.579. The molecule has 1 N–H and O–H groups in total. The van der Waals surface area contributed by atoms with Crippen molar-refractivity contribution in [3.05, 3.63) is 35.9 Å². The Morgan fingerprint density at radius 2 is 2.04 bits per heavy atom. The van der Waals surface area contributed by atoms with Crippen LogP contribution in [0.2, 0.25) is 0 Å². The average Bonchev–Trinajstić information content (AvgIpc) is 3.04. The lowest BCUT2D eigenvalue weighted by molar-refractivity contribution is -0.142. The molecule has 4 fully saturated rings. The molecule has 0 bridgehead atoms. The molecule has 4 aliphatic rings. The minimum Gasteiger partial charge on any atom is -0.447 e. The zero-order valence-corrected chi connectivity index (χ0v) is 14.7. The number of amides is 2. The van der Waals surface area contributed by atoms with Crippen molar-refractivity contribution in [3.63, 3.8) is 0 Å². The van der Waals surface area contributed by atoms with E-state index in [0.717, 1.165) is 19.4 Å². The Kier molecular flexibility index (Phi) is 3.04. The van der Waals surface area contributed by atoms with Crippen LogP contribution >= 0.6 is 11.6 Å². The molecule has 2 amide bonds. The van der Waals surface area contributed by atoms with Crippen molar-refractivity contribution in [1.82, 2.24) is 10.2 Å². The molecule has 1 aromatic carbocycles. The second-order valence-corrected chi connectivity index (χ2v) is 8.91. The van der Waals surface area contributed by atoms with Crippen molar-refractivity contribution >= 4 is 23.6 Å². The van der Waals surface area contributed by atoms with E-state index in [9.17, 15) is 9.59 Å². The van der Waals surface area contributed by atoms with Gasteiger partial charge < -0.3 is 15.0 Å². The highest BCUT2D eigenvalue weighted by Gasteiger charge is 2.70. The van der Waals surface area contributed by atoms with Crippen LogP contribution in [0.3, 0.4) is 0 Å². The molecule has 0 radical (unpaired) electrons. The van der Waals surface area contributed by atoms with E-state index >= 15 is 0 Å². The molecule has 1 aromatic rings. The number of hydrogen-bond acceptors (Lipinski definition) is 3. The quantitative estimate of drug-likeness (QED) is 0.824. The predicted octanol–water partition coefficient (Wildman–Crippen LogP) is 2.43. The summed E-state index contributed by atoms with van der Waals surface area (Å²) in [4.78, 5) is 25.7. The van der Waals surface area contributed by atoms with E-state index in [2.05, 4.69) is 29.6 Å². The van der Waals surface area contributed by atoms with Crippen molar-refractivity contribution in [2.24, 2.45) is 5.92 Å². The highest BCUT2D eigenvalue weighted by molar-refractivity contribution is 6.28. The van der Waals surface area contributed by atoms with Crippen molar-refractivity contribution in [2.45, 2.75) is 41.5 Å². The first kappa shape index (κ1) is 15.5. The van der Waals surface area contributed by atoms with Crippen molar-refractivity contribution in [2.75, 3.05) is 19.7 Å². The van der Waals surface area contributed by atoms with Crippen LogP contribution in [-0.2, 0) is 14.9 Å². The molecular formula is C19H21ClN2O3. The van der Waals surface area contributed by atoms with Gasteiger partial charge in [-0.1, -0.05) is 30.3 Å². The zero-order valence-electron chi connectivity index (χ0n) is 14.0. The average molecular weight is 361 g/mol. The van der Waals surface area contributed by atoms with Gasteiger partial charge in [-0.2, -0.15) is 0 Å². The normalized spacial score (nSPS) is 41.6. The third kappa shape index (κ3) is 2.14. The summed E-state index contributed by atoms with van der Waals surface area (Å²) in [6, 6.07) is 10.4. The van der Waals surface area contributed by atoms with Crippen LogP contribution in [0.15, 0.2) is 30.3 Å². The van der Waals surface area contributed by atoms with E-state index in [1.165, 1.54) is 5.56 Å². The number of likely N-dealkylation sites (tertiary alicyclic amines) is 1. The monoisotopic (exact) mass is 360 g/mol. The number of fused-ring (bicyclic) bond motifs is 1. The summed E-state index contributed by atoms with van der Waals surface area (Å²) in [7, 11) is 0. The Labute approximate surface area is 151 Å². The zero-order chi connectivity index (χ0) is 17.3. The molecule has 25 heavy (non-hydrogen) atoms. The van der Waals surface area contributed by atoms with Crippen molar-refractivity contribution in [1.29, 1.82) is 0 Å². The molecule has 5 nitrogen and oxygen atoms in total. The highest BCUT2D eigenvalue weighted by Crippen LogP contribution is 2.66. The van der Waals surface area contributed by atoms with Gasteiger partial charge in [-0.3, -0.25) is 4.79 Å². The number of ether oxygens (including phenoxy) is 1. The summed E-state index contributed by atoms with van der Waals surface area (Å²) in [6.07, 6.45) is 2.84. The molecule has 132 valence electrons. The fourth-order valence-electron chi connectivity index (χ4n) is 5.14. The number of cyclic esters (lactones) is 1. The van der Waals surface area contributed by atoms with E-state index < -0.39 is 0 Å². The molecule has 2 atom stereocenters. The van der Waals surface area contributed by atoms with Gasteiger partial charge in [0, 0.05) is 24.4 Å². The summed E-state index contributed by atoms with van der Waals surface area (Å²) >= 11 is 6.91. The predicted molar refractivity (Wildman–Crippen MR) is 92.5 cm³/mol. The highest BCUT2D eigenvalue weighted by atomic mass is 35.5. The molecule has 2 unspecified atom stereocenters. The number of carbonyl (C=O) groups is 2. The first-order chi connectivity index (χ1) is 12.0. The number of carbonyl (C=O) groups excluding carboxylic acids is 2. The van der Waals surface area contributed by atoms with Gasteiger partial charge in [-0.15, -0.1) is 11.6 Å². The van der Waals surface area contributed by atoms with Gasteiger partial charge in [-0.05, 0) is 31.2 Å². The number of hydrogen-bond donors (Lipinski definition) is 1. The lowest BCUT2D eigenvalue weighted by atomic mass is 9.68. The van der Waals surface area contributed by atoms with Gasteiger partial charge in [0.1, 0.15) is 6.61 Å². The summed E-state index contributed by atoms with van der Waals surface area (Å²) in [5.41, 5.74) is 1.02. The van der Waals surface area contributed by atoms with Crippen LogP contribution in [-0.4, -0.2) is 47.0 Å². The Morgan fingerprint density at radius 3 is 2.68 bits per heavy atom. The minimum absolute atomic E-state index is 0.0229. The number of alkyl halides is 1. The molecule has 5 rings (SSSR count). The van der Waals surface area contributed by atoms with E-state index in [4.69, 9.17) is 16.3 Å². The smallest absolute Gasteiger partial charge is 0.407 e. The number of piperidine rings is 1. The maximum Gasteiger partial charge on any atom is 0.407 e. The maximum absolute atomic E-state index is 12.9. The summed E-state index contributed by atoms with van der Waals surface area (Å²) in [6.45, 7) is 1.76. The molecule has 0 aromatic heterocycles. The van der Waals surface area contributed by atoms with Crippen LogP contribution in [0, 0.1) is 5.92 Å². The Bertz CT molecular complexity index is 748. The second-order valence-electron chi connectivity index (χ2n) is 8.19. The van der Waals surface area contributed by atoms with Crippen LogP contribution in [0.25, 0.3) is 0 Å². The molecular weight excluding hydrogens is 340 g/mol. The lowest BCUT2D eigenvalue weighted by Gasteiger charge is -2.45. The number of benzene rings is 1. The van der Waals surface area contributed by atoms with Gasteiger partial charge in [0.05, 0.1) is 10.4 Å². The molecule has 2 saturated carbocycles. The lowest BCUT2D eigenvalue weighted by Crippen LogP contribution is -2.59. The Hall–Kier alpha value is -1.75. The van der Waals surface area contributed by atoms with Crippen LogP contribution < -0.4 is 5.32 Å². The van der Waals surface area contributed by atoms with E-state index in [1.807, 2.05) is 11.0 Å². The van der Waals surface area contributed by atoms with Gasteiger partial charge >= 0.3 is 6.09 Å². The summed E-state index contributed by atoms with van der Waals surface area (Å²) in [5, 5.41) is 2.85. The van der Waals surface area contributed by atoms with Gasteiger partial charge in [0.25, 0.3) is 0 Å². The molecule has 1 spiro atoms. The van der Waals surface area contributed by atoms with Crippen LogP contribution in [0.4, 0.5) is 4.79 Å². The first-order valence-corrected chi connectivity index (χ1v) is 9.31. The Balaban J connectivity index is 1.25. The Morgan fingerprint density at radius 1 is 1.28 bits per heavy atom.